The zero-order chi connectivity index (χ0) is 17.4. The highest BCUT2D eigenvalue weighted by Gasteiger charge is 2.07. The van der Waals surface area contributed by atoms with Crippen LogP contribution in [-0.2, 0) is 11.2 Å². The normalized spacial score (nSPS) is 10.1. The minimum atomic E-state index is -0.396. The number of ether oxygens (including phenoxy) is 1. The lowest BCUT2D eigenvalue weighted by Crippen LogP contribution is -2.30. The Morgan fingerprint density at radius 1 is 1.04 bits per heavy atom. The molecular weight excluding hydrogens is 311 g/mol. The summed E-state index contributed by atoms with van der Waals surface area (Å²) < 4.78 is 17.7. The van der Waals surface area contributed by atoms with Gasteiger partial charge in [-0.15, -0.1) is 0 Å². The van der Waals surface area contributed by atoms with Gasteiger partial charge in [0, 0.05) is 12.2 Å². The van der Waals surface area contributed by atoms with Crippen molar-refractivity contribution in [3.63, 3.8) is 0 Å². The van der Waals surface area contributed by atoms with E-state index in [1.165, 1.54) is 12.1 Å². The van der Waals surface area contributed by atoms with Gasteiger partial charge in [-0.1, -0.05) is 12.1 Å². The van der Waals surface area contributed by atoms with Crippen molar-refractivity contribution in [1.29, 1.82) is 0 Å². The SMILES string of the molecule is CCOC(=O)c1ccc(NC(=O)NCCc2ccc(F)cc2)cc1. The standard InChI is InChI=1S/C18H19FN2O3/c1-2-24-17(22)14-5-9-16(10-6-14)21-18(23)20-12-11-13-3-7-15(19)8-4-13/h3-10H,2,11-12H2,1H3,(H2,20,21,23). The van der Waals surface area contributed by atoms with Crippen LogP contribution in [-0.4, -0.2) is 25.2 Å². The highest BCUT2D eigenvalue weighted by Crippen LogP contribution is 2.10. The fourth-order valence-corrected chi connectivity index (χ4v) is 2.05. The smallest absolute Gasteiger partial charge is 0.338 e. The van der Waals surface area contributed by atoms with Gasteiger partial charge in [0.15, 0.2) is 0 Å². The molecule has 0 radical (unpaired) electrons. The first-order chi connectivity index (χ1) is 11.6. The lowest BCUT2D eigenvalue weighted by Gasteiger charge is -2.08. The first-order valence-corrected chi connectivity index (χ1v) is 7.65. The summed E-state index contributed by atoms with van der Waals surface area (Å²) in [6, 6.07) is 12.2. The number of rotatable bonds is 6. The Hall–Kier alpha value is -2.89. The van der Waals surface area contributed by atoms with Gasteiger partial charge >= 0.3 is 12.0 Å². The second-order valence-electron chi connectivity index (χ2n) is 5.06. The maximum Gasteiger partial charge on any atom is 0.338 e. The molecule has 126 valence electrons. The van der Waals surface area contributed by atoms with Crippen LogP contribution < -0.4 is 10.6 Å². The van der Waals surface area contributed by atoms with Crippen LogP contribution in [0.5, 0.6) is 0 Å². The predicted octanol–water partition coefficient (Wildman–Crippen LogP) is 3.37. The molecule has 2 aromatic rings. The summed E-state index contributed by atoms with van der Waals surface area (Å²) in [6.45, 7) is 2.48. The Morgan fingerprint density at radius 2 is 1.71 bits per heavy atom. The van der Waals surface area contributed by atoms with Crippen LogP contribution in [0.4, 0.5) is 14.9 Å². The van der Waals surface area contributed by atoms with Gasteiger partial charge in [0.1, 0.15) is 5.82 Å². The van der Waals surface area contributed by atoms with Crippen LogP contribution in [0, 0.1) is 5.82 Å². The van der Waals surface area contributed by atoms with Crippen molar-refractivity contribution in [2.45, 2.75) is 13.3 Å². The number of carbonyl (C=O) groups is 2. The molecule has 2 amide bonds. The van der Waals surface area contributed by atoms with E-state index >= 15 is 0 Å². The molecule has 0 aliphatic rings. The molecule has 2 rings (SSSR count). The fraction of sp³-hybridized carbons (Fsp3) is 0.222. The number of halogens is 1. The number of benzene rings is 2. The molecule has 0 unspecified atom stereocenters. The lowest BCUT2D eigenvalue weighted by atomic mass is 10.1. The fourth-order valence-electron chi connectivity index (χ4n) is 2.05. The van der Waals surface area contributed by atoms with E-state index in [1.54, 1.807) is 43.3 Å². The number of amides is 2. The van der Waals surface area contributed by atoms with E-state index in [4.69, 9.17) is 4.74 Å². The Kier molecular flexibility index (Phi) is 6.31. The van der Waals surface area contributed by atoms with Gasteiger partial charge in [0.25, 0.3) is 0 Å². The largest absolute Gasteiger partial charge is 0.462 e. The Balaban J connectivity index is 1.77. The number of anilines is 1. The number of nitrogens with one attached hydrogen (secondary N) is 2. The molecule has 0 heterocycles. The second-order valence-corrected chi connectivity index (χ2v) is 5.06. The predicted molar refractivity (Wildman–Crippen MR) is 89.5 cm³/mol. The molecule has 0 bridgehead atoms. The van der Waals surface area contributed by atoms with Gasteiger partial charge in [0.2, 0.25) is 0 Å². The van der Waals surface area contributed by atoms with Gasteiger partial charge in [-0.25, -0.2) is 14.0 Å². The summed E-state index contributed by atoms with van der Waals surface area (Å²) in [6.07, 6.45) is 0.607. The molecule has 0 atom stereocenters. The zero-order valence-corrected chi connectivity index (χ0v) is 13.3. The van der Waals surface area contributed by atoms with Gasteiger partial charge < -0.3 is 15.4 Å². The van der Waals surface area contributed by atoms with Crippen LogP contribution in [0.15, 0.2) is 48.5 Å². The maximum absolute atomic E-state index is 12.8. The summed E-state index contributed by atoms with van der Waals surface area (Å²) in [5.74, 6) is -0.677. The second kappa shape index (κ2) is 8.67. The highest BCUT2D eigenvalue weighted by atomic mass is 19.1. The van der Waals surface area contributed by atoms with Crippen LogP contribution in [0.2, 0.25) is 0 Å². The van der Waals surface area contributed by atoms with Crippen LogP contribution in [0.1, 0.15) is 22.8 Å². The minimum Gasteiger partial charge on any atom is -0.462 e. The Morgan fingerprint density at radius 3 is 2.33 bits per heavy atom. The maximum atomic E-state index is 12.8. The van der Waals surface area contributed by atoms with Crippen molar-refractivity contribution >= 4 is 17.7 Å². The zero-order valence-electron chi connectivity index (χ0n) is 13.3. The summed E-state index contributed by atoms with van der Waals surface area (Å²) in [7, 11) is 0. The quantitative estimate of drug-likeness (QED) is 0.798. The van der Waals surface area contributed by atoms with E-state index in [2.05, 4.69) is 10.6 Å². The first kappa shape index (κ1) is 17.5. The topological polar surface area (TPSA) is 67.4 Å². The number of hydrogen-bond donors (Lipinski definition) is 2. The summed E-state index contributed by atoms with van der Waals surface area (Å²) in [5.41, 5.74) is 1.94. The molecule has 0 aliphatic carbocycles. The van der Waals surface area contributed by atoms with E-state index in [-0.39, 0.29) is 11.8 Å². The van der Waals surface area contributed by atoms with Gasteiger partial charge in [0.05, 0.1) is 12.2 Å². The molecule has 0 saturated heterocycles. The number of esters is 1. The molecule has 0 saturated carbocycles. The van der Waals surface area contributed by atoms with Gasteiger partial charge in [-0.05, 0) is 55.3 Å². The molecule has 0 fully saturated rings. The average Bonchev–Trinajstić information content (AvgIpc) is 2.57. The van der Waals surface area contributed by atoms with Crippen LogP contribution in [0.25, 0.3) is 0 Å². The van der Waals surface area contributed by atoms with E-state index in [0.29, 0.717) is 30.8 Å². The van der Waals surface area contributed by atoms with Crippen molar-refractivity contribution in [2.75, 3.05) is 18.5 Å². The Bertz CT molecular complexity index is 684. The Labute approximate surface area is 139 Å². The molecular formula is C18H19FN2O3. The molecule has 2 N–H and O–H groups in total. The van der Waals surface area contributed by atoms with Crippen molar-refractivity contribution in [3.05, 3.63) is 65.5 Å². The molecule has 5 nitrogen and oxygen atoms in total. The third-order valence-electron chi connectivity index (χ3n) is 3.27. The van der Waals surface area contributed by atoms with Crippen molar-refractivity contribution in [3.8, 4) is 0 Å². The molecule has 6 heteroatoms. The lowest BCUT2D eigenvalue weighted by molar-refractivity contribution is 0.0526. The van der Waals surface area contributed by atoms with E-state index < -0.39 is 5.97 Å². The van der Waals surface area contributed by atoms with Crippen LogP contribution >= 0.6 is 0 Å². The number of hydrogen-bond acceptors (Lipinski definition) is 3. The molecule has 0 aromatic heterocycles. The highest BCUT2D eigenvalue weighted by molar-refractivity contribution is 5.92. The molecule has 2 aromatic carbocycles. The van der Waals surface area contributed by atoms with Gasteiger partial charge in [-0.3, -0.25) is 0 Å². The number of urea groups is 1. The third-order valence-corrected chi connectivity index (χ3v) is 3.27. The van der Waals surface area contributed by atoms with Crippen molar-refractivity contribution < 1.29 is 18.7 Å². The molecule has 0 aliphatic heterocycles. The average molecular weight is 330 g/mol. The van der Waals surface area contributed by atoms with E-state index in [1.807, 2.05) is 0 Å². The first-order valence-electron chi connectivity index (χ1n) is 7.65. The number of carbonyl (C=O) groups excluding carboxylic acids is 2. The van der Waals surface area contributed by atoms with Crippen molar-refractivity contribution in [1.82, 2.24) is 5.32 Å². The molecule has 0 spiro atoms. The third kappa shape index (κ3) is 5.39. The molecule has 24 heavy (non-hydrogen) atoms. The van der Waals surface area contributed by atoms with E-state index in [9.17, 15) is 14.0 Å². The van der Waals surface area contributed by atoms with Gasteiger partial charge in [-0.2, -0.15) is 0 Å². The monoisotopic (exact) mass is 330 g/mol. The van der Waals surface area contributed by atoms with Crippen LogP contribution in [0.3, 0.4) is 0 Å². The summed E-state index contributed by atoms with van der Waals surface area (Å²) >= 11 is 0. The summed E-state index contributed by atoms with van der Waals surface area (Å²) in [4.78, 5) is 23.3. The van der Waals surface area contributed by atoms with E-state index in [0.717, 1.165) is 5.56 Å². The summed E-state index contributed by atoms with van der Waals surface area (Å²) in [5, 5.41) is 5.39. The van der Waals surface area contributed by atoms with Crippen molar-refractivity contribution in [2.24, 2.45) is 0 Å². The minimum absolute atomic E-state index is 0.282.